The van der Waals surface area contributed by atoms with Crippen LogP contribution in [-0.4, -0.2) is 29.2 Å². The van der Waals surface area contributed by atoms with Gasteiger partial charge >= 0.3 is 12.0 Å². The first-order chi connectivity index (χ1) is 9.63. The highest BCUT2D eigenvalue weighted by Gasteiger charge is 2.21. The van der Waals surface area contributed by atoms with Crippen molar-refractivity contribution < 1.29 is 14.7 Å². The predicted molar refractivity (Wildman–Crippen MR) is 78.7 cm³/mol. The number of carboxylic acid groups (broad SMARTS) is 1. The zero-order valence-corrected chi connectivity index (χ0v) is 12.5. The predicted octanol–water partition coefficient (Wildman–Crippen LogP) is 3.04. The summed E-state index contributed by atoms with van der Waals surface area (Å²) in [5.41, 5.74) is 0. The van der Waals surface area contributed by atoms with Gasteiger partial charge in [-0.2, -0.15) is 0 Å². The van der Waals surface area contributed by atoms with Gasteiger partial charge in [0.25, 0.3) is 0 Å². The van der Waals surface area contributed by atoms with Gasteiger partial charge in [-0.25, -0.2) is 9.59 Å². The molecule has 0 aromatic carbocycles. The molecule has 1 atom stereocenters. The van der Waals surface area contributed by atoms with Gasteiger partial charge in [0.05, 0.1) is 0 Å². The van der Waals surface area contributed by atoms with Crippen molar-refractivity contribution in [1.29, 1.82) is 0 Å². The summed E-state index contributed by atoms with van der Waals surface area (Å²) in [4.78, 5) is 23.0. The summed E-state index contributed by atoms with van der Waals surface area (Å²) in [6, 6.07) is -0.918. The van der Waals surface area contributed by atoms with Crippen LogP contribution in [0.5, 0.6) is 0 Å². The second kappa shape index (κ2) is 9.61. The van der Waals surface area contributed by atoms with E-state index in [1.807, 2.05) is 6.92 Å². The lowest BCUT2D eigenvalue weighted by Gasteiger charge is -2.22. The van der Waals surface area contributed by atoms with Gasteiger partial charge in [0.2, 0.25) is 0 Å². The van der Waals surface area contributed by atoms with Crippen LogP contribution in [0, 0.1) is 0 Å². The minimum absolute atomic E-state index is 0.191. The van der Waals surface area contributed by atoms with Crippen LogP contribution in [0.15, 0.2) is 0 Å². The quantitative estimate of drug-likeness (QED) is 0.701. The van der Waals surface area contributed by atoms with E-state index >= 15 is 0 Å². The standard InChI is InChI=1S/C15H28N2O3/c1-2-3-11-13(14(18)19)17-15(20)16-12-9-7-5-4-6-8-10-12/h12-13H,2-11H2,1H3,(H,18,19)(H2,16,17,20)/t13-/m0/s1. The van der Waals surface area contributed by atoms with Gasteiger partial charge in [-0.3, -0.25) is 0 Å². The van der Waals surface area contributed by atoms with Gasteiger partial charge < -0.3 is 15.7 Å². The lowest BCUT2D eigenvalue weighted by atomic mass is 9.97. The Balaban J connectivity index is 2.37. The molecule has 1 rings (SSSR count). The molecule has 20 heavy (non-hydrogen) atoms. The van der Waals surface area contributed by atoms with E-state index in [4.69, 9.17) is 5.11 Å². The zero-order valence-electron chi connectivity index (χ0n) is 12.5. The molecule has 0 saturated heterocycles. The van der Waals surface area contributed by atoms with Gasteiger partial charge in [-0.1, -0.05) is 51.9 Å². The third-order valence-electron chi connectivity index (χ3n) is 3.89. The maximum atomic E-state index is 11.9. The van der Waals surface area contributed by atoms with Gasteiger partial charge in [0.1, 0.15) is 6.04 Å². The molecule has 1 fully saturated rings. The van der Waals surface area contributed by atoms with Gasteiger partial charge in [-0.15, -0.1) is 0 Å². The molecule has 1 aliphatic carbocycles. The number of amides is 2. The largest absolute Gasteiger partial charge is 0.480 e. The summed E-state index contributed by atoms with van der Waals surface area (Å²) in [7, 11) is 0. The molecule has 0 heterocycles. The number of hydrogen-bond donors (Lipinski definition) is 3. The average Bonchev–Trinajstić information content (AvgIpc) is 2.37. The second-order valence-corrected chi connectivity index (χ2v) is 5.69. The highest BCUT2D eigenvalue weighted by Crippen LogP contribution is 2.17. The minimum Gasteiger partial charge on any atom is -0.480 e. The fourth-order valence-electron chi connectivity index (χ4n) is 2.65. The first kappa shape index (κ1) is 16.8. The van der Waals surface area contributed by atoms with Crippen LogP contribution in [-0.2, 0) is 4.79 Å². The number of rotatable bonds is 6. The fourth-order valence-corrected chi connectivity index (χ4v) is 2.65. The number of unbranched alkanes of at least 4 members (excludes halogenated alkanes) is 1. The lowest BCUT2D eigenvalue weighted by molar-refractivity contribution is -0.139. The molecule has 0 bridgehead atoms. The van der Waals surface area contributed by atoms with E-state index in [1.165, 1.54) is 19.3 Å². The first-order valence-corrected chi connectivity index (χ1v) is 7.93. The van der Waals surface area contributed by atoms with Crippen molar-refractivity contribution in [2.24, 2.45) is 0 Å². The maximum absolute atomic E-state index is 11.9. The molecule has 2 amide bonds. The molecule has 0 aromatic heterocycles. The number of hydrogen-bond acceptors (Lipinski definition) is 2. The average molecular weight is 284 g/mol. The molecule has 0 radical (unpaired) electrons. The third kappa shape index (κ3) is 6.78. The van der Waals surface area contributed by atoms with Gasteiger partial charge in [-0.05, 0) is 19.3 Å². The number of carbonyl (C=O) groups is 2. The molecule has 1 saturated carbocycles. The zero-order chi connectivity index (χ0) is 14.8. The van der Waals surface area contributed by atoms with Crippen LogP contribution >= 0.6 is 0 Å². The molecule has 3 N–H and O–H groups in total. The van der Waals surface area contributed by atoms with Crippen molar-refractivity contribution in [1.82, 2.24) is 10.6 Å². The van der Waals surface area contributed by atoms with Crippen molar-refractivity contribution in [2.45, 2.75) is 83.2 Å². The van der Waals surface area contributed by atoms with Crippen LogP contribution in [0.25, 0.3) is 0 Å². The van der Waals surface area contributed by atoms with Crippen molar-refractivity contribution in [2.75, 3.05) is 0 Å². The molecule has 5 heteroatoms. The Hall–Kier alpha value is -1.26. The van der Waals surface area contributed by atoms with E-state index in [0.29, 0.717) is 6.42 Å². The summed E-state index contributed by atoms with van der Waals surface area (Å²) < 4.78 is 0. The molecule has 5 nitrogen and oxygen atoms in total. The van der Waals surface area contributed by atoms with Crippen molar-refractivity contribution in [3.05, 3.63) is 0 Å². The van der Waals surface area contributed by atoms with Crippen molar-refractivity contribution in [3.63, 3.8) is 0 Å². The summed E-state index contributed by atoms with van der Waals surface area (Å²) in [5, 5.41) is 14.6. The van der Waals surface area contributed by atoms with E-state index in [2.05, 4.69) is 10.6 Å². The SMILES string of the molecule is CCCC[C@H](NC(=O)NC1CCCCCCC1)C(=O)O. The lowest BCUT2D eigenvalue weighted by Crippen LogP contribution is -2.49. The Bertz CT molecular complexity index is 299. The highest BCUT2D eigenvalue weighted by molar-refractivity contribution is 5.82. The second-order valence-electron chi connectivity index (χ2n) is 5.69. The molecule has 0 aromatic rings. The molecule has 0 unspecified atom stereocenters. The Morgan fingerprint density at radius 1 is 1.15 bits per heavy atom. The smallest absolute Gasteiger partial charge is 0.326 e. The first-order valence-electron chi connectivity index (χ1n) is 7.93. The van der Waals surface area contributed by atoms with E-state index in [-0.39, 0.29) is 12.1 Å². The van der Waals surface area contributed by atoms with Crippen LogP contribution in [0.2, 0.25) is 0 Å². The molecule has 0 aliphatic heterocycles. The molecule has 1 aliphatic rings. The van der Waals surface area contributed by atoms with E-state index in [0.717, 1.165) is 38.5 Å². The molecular formula is C15H28N2O3. The van der Waals surface area contributed by atoms with Gasteiger partial charge in [0.15, 0.2) is 0 Å². The van der Waals surface area contributed by atoms with Crippen molar-refractivity contribution in [3.8, 4) is 0 Å². The summed E-state index contributed by atoms with van der Waals surface area (Å²) in [6.07, 6.45) is 10.3. The number of carboxylic acids is 1. The summed E-state index contributed by atoms with van der Waals surface area (Å²) in [5.74, 6) is -0.953. The summed E-state index contributed by atoms with van der Waals surface area (Å²) >= 11 is 0. The number of aliphatic carboxylic acids is 1. The monoisotopic (exact) mass is 284 g/mol. The molecule has 116 valence electrons. The topological polar surface area (TPSA) is 78.4 Å². The normalized spacial score (nSPS) is 18.6. The van der Waals surface area contributed by atoms with E-state index in [9.17, 15) is 9.59 Å². The number of urea groups is 1. The Morgan fingerprint density at radius 2 is 1.75 bits per heavy atom. The summed E-state index contributed by atoms with van der Waals surface area (Å²) in [6.45, 7) is 2.01. The Kier molecular flexibility index (Phi) is 8.07. The van der Waals surface area contributed by atoms with E-state index in [1.54, 1.807) is 0 Å². The number of carbonyl (C=O) groups excluding carboxylic acids is 1. The minimum atomic E-state index is -0.953. The third-order valence-corrected chi connectivity index (χ3v) is 3.89. The maximum Gasteiger partial charge on any atom is 0.326 e. The van der Waals surface area contributed by atoms with Crippen LogP contribution in [0.1, 0.15) is 71.1 Å². The Morgan fingerprint density at radius 3 is 2.30 bits per heavy atom. The van der Waals surface area contributed by atoms with Crippen molar-refractivity contribution >= 4 is 12.0 Å². The molecule has 0 spiro atoms. The Labute approximate surface area is 121 Å². The van der Waals surface area contributed by atoms with Crippen LogP contribution in [0.3, 0.4) is 0 Å². The molecular weight excluding hydrogens is 256 g/mol. The van der Waals surface area contributed by atoms with Crippen LogP contribution < -0.4 is 10.6 Å². The number of nitrogens with one attached hydrogen (secondary N) is 2. The fraction of sp³-hybridized carbons (Fsp3) is 0.867. The van der Waals surface area contributed by atoms with Crippen LogP contribution in [0.4, 0.5) is 4.79 Å². The van der Waals surface area contributed by atoms with Gasteiger partial charge in [0, 0.05) is 6.04 Å². The van der Waals surface area contributed by atoms with E-state index < -0.39 is 12.0 Å². The highest BCUT2D eigenvalue weighted by atomic mass is 16.4.